The summed E-state index contributed by atoms with van der Waals surface area (Å²) in [6.45, 7) is 21.7. The molecule has 0 aromatic rings. The lowest BCUT2D eigenvalue weighted by Gasteiger charge is -2.35. The SMILES string of the molecule is CC.CCOCCN1CC2C[C@H]1CN2CCOCCN1CCN(CCOC)CC1. The van der Waals surface area contributed by atoms with E-state index < -0.39 is 0 Å². The van der Waals surface area contributed by atoms with E-state index in [9.17, 15) is 0 Å². The molecule has 0 aromatic carbocycles. The fourth-order valence-electron chi connectivity index (χ4n) is 4.64. The normalized spacial score (nSPS) is 26.1. The van der Waals surface area contributed by atoms with E-state index in [2.05, 4.69) is 26.5 Å². The van der Waals surface area contributed by atoms with E-state index in [1.807, 2.05) is 13.8 Å². The zero-order valence-corrected chi connectivity index (χ0v) is 19.5. The van der Waals surface area contributed by atoms with Crippen molar-refractivity contribution in [2.24, 2.45) is 0 Å². The number of ether oxygens (including phenoxy) is 3. The molecule has 3 fully saturated rings. The molecule has 3 heterocycles. The van der Waals surface area contributed by atoms with Crippen LogP contribution in [-0.4, -0.2) is 137 Å². The minimum absolute atomic E-state index is 0.736. The Hall–Kier alpha value is -0.280. The van der Waals surface area contributed by atoms with Crippen LogP contribution in [0.25, 0.3) is 0 Å². The van der Waals surface area contributed by atoms with E-state index in [-0.39, 0.29) is 0 Å². The Bertz CT molecular complexity index is 408. The summed E-state index contributed by atoms with van der Waals surface area (Å²) in [6, 6.07) is 1.48. The molecule has 0 aliphatic carbocycles. The van der Waals surface area contributed by atoms with Gasteiger partial charge in [-0.2, -0.15) is 0 Å². The fourth-order valence-corrected chi connectivity index (χ4v) is 4.64. The molecule has 2 bridgehead atoms. The highest BCUT2D eigenvalue weighted by molar-refractivity contribution is 4.99. The topological polar surface area (TPSA) is 40.7 Å². The van der Waals surface area contributed by atoms with Crippen molar-refractivity contribution < 1.29 is 14.2 Å². The molecule has 0 amide bonds. The maximum absolute atomic E-state index is 5.95. The van der Waals surface area contributed by atoms with Crippen LogP contribution < -0.4 is 0 Å². The third-order valence-electron chi connectivity index (χ3n) is 6.35. The molecule has 0 spiro atoms. The molecule has 1 unspecified atom stereocenters. The number of piperazine rings is 2. The monoisotopic (exact) mass is 414 g/mol. The summed E-state index contributed by atoms with van der Waals surface area (Å²) < 4.78 is 16.6. The summed E-state index contributed by atoms with van der Waals surface area (Å²) >= 11 is 0. The predicted molar refractivity (Wildman–Crippen MR) is 119 cm³/mol. The average molecular weight is 415 g/mol. The summed E-state index contributed by atoms with van der Waals surface area (Å²) in [7, 11) is 1.78. The quantitative estimate of drug-likeness (QED) is 0.418. The van der Waals surface area contributed by atoms with Crippen molar-refractivity contribution in [1.82, 2.24) is 19.6 Å². The molecule has 3 saturated heterocycles. The third kappa shape index (κ3) is 8.40. The molecule has 0 N–H and O–H groups in total. The number of methoxy groups -OCH3 is 1. The Morgan fingerprint density at radius 3 is 1.66 bits per heavy atom. The van der Waals surface area contributed by atoms with Gasteiger partial charge in [-0.15, -0.1) is 0 Å². The second-order valence-electron chi connectivity index (χ2n) is 8.02. The largest absolute Gasteiger partial charge is 0.383 e. The van der Waals surface area contributed by atoms with Crippen LogP contribution in [0.1, 0.15) is 27.2 Å². The van der Waals surface area contributed by atoms with Crippen LogP contribution in [0.4, 0.5) is 0 Å². The molecule has 7 nitrogen and oxygen atoms in total. The molecule has 7 heteroatoms. The van der Waals surface area contributed by atoms with Crippen molar-refractivity contribution in [1.29, 1.82) is 0 Å². The van der Waals surface area contributed by atoms with Crippen LogP contribution in [-0.2, 0) is 14.2 Å². The van der Waals surface area contributed by atoms with Gasteiger partial charge in [0.1, 0.15) is 0 Å². The van der Waals surface area contributed by atoms with Crippen molar-refractivity contribution >= 4 is 0 Å². The highest BCUT2D eigenvalue weighted by atomic mass is 16.5. The molecular formula is C22H46N4O3. The van der Waals surface area contributed by atoms with Gasteiger partial charge in [0, 0.05) is 91.2 Å². The number of rotatable bonds is 13. The van der Waals surface area contributed by atoms with E-state index in [0.29, 0.717) is 0 Å². The van der Waals surface area contributed by atoms with Crippen molar-refractivity contribution in [2.45, 2.75) is 39.3 Å². The summed E-state index contributed by atoms with van der Waals surface area (Å²) in [6.07, 6.45) is 1.33. The first-order valence-corrected chi connectivity index (χ1v) is 11.9. The lowest BCUT2D eigenvalue weighted by molar-refractivity contribution is 0.0423. The van der Waals surface area contributed by atoms with Gasteiger partial charge < -0.3 is 14.2 Å². The number of nitrogens with zero attached hydrogens (tertiary/aromatic N) is 4. The number of hydrogen-bond acceptors (Lipinski definition) is 7. The van der Waals surface area contributed by atoms with Gasteiger partial charge in [-0.05, 0) is 13.3 Å². The molecule has 3 rings (SSSR count). The minimum atomic E-state index is 0.736. The maximum Gasteiger partial charge on any atom is 0.0594 e. The molecule has 0 radical (unpaired) electrons. The zero-order chi connectivity index (χ0) is 20.9. The van der Waals surface area contributed by atoms with Crippen LogP contribution in [0.3, 0.4) is 0 Å². The van der Waals surface area contributed by atoms with Gasteiger partial charge in [-0.1, -0.05) is 13.8 Å². The Balaban J connectivity index is 0.00000145. The van der Waals surface area contributed by atoms with Crippen LogP contribution in [0.15, 0.2) is 0 Å². The standard InChI is InChI=1S/C20H40N4O3.C2H6/c1-3-26-14-10-23-17-20-16-19(23)18-24(20)11-15-27-13-9-22-6-4-21(5-7-22)8-12-25-2;1-2/h19-20H,3-18H2,1-2H3;1-2H3/t19-,20?;/m0./s1. The van der Waals surface area contributed by atoms with Crippen LogP contribution in [0, 0.1) is 0 Å². The first-order chi connectivity index (χ1) is 14.3. The van der Waals surface area contributed by atoms with Crippen molar-refractivity contribution in [3.05, 3.63) is 0 Å². The Labute approximate surface area is 179 Å². The Kier molecular flexibility index (Phi) is 12.6. The van der Waals surface area contributed by atoms with Crippen LogP contribution >= 0.6 is 0 Å². The second kappa shape index (κ2) is 14.7. The third-order valence-corrected chi connectivity index (χ3v) is 6.35. The Morgan fingerprint density at radius 2 is 1.17 bits per heavy atom. The fraction of sp³-hybridized carbons (Fsp3) is 1.00. The minimum Gasteiger partial charge on any atom is -0.383 e. The number of fused-ring (bicyclic) bond motifs is 2. The Morgan fingerprint density at radius 1 is 0.690 bits per heavy atom. The van der Waals surface area contributed by atoms with E-state index in [4.69, 9.17) is 14.2 Å². The van der Waals surface area contributed by atoms with Gasteiger partial charge in [0.05, 0.1) is 26.4 Å². The summed E-state index contributed by atoms with van der Waals surface area (Å²) in [5, 5.41) is 0. The average Bonchev–Trinajstić information content (AvgIpc) is 3.35. The van der Waals surface area contributed by atoms with Crippen molar-refractivity contribution in [2.75, 3.05) is 106 Å². The first kappa shape index (κ1) is 25.0. The molecule has 3 aliphatic rings. The smallest absolute Gasteiger partial charge is 0.0594 e. The predicted octanol–water partition coefficient (Wildman–Crippen LogP) is 1.09. The lowest BCUT2D eigenvalue weighted by Crippen LogP contribution is -2.48. The highest BCUT2D eigenvalue weighted by Crippen LogP contribution is 2.29. The first-order valence-electron chi connectivity index (χ1n) is 11.9. The zero-order valence-electron chi connectivity index (χ0n) is 19.5. The summed E-state index contributed by atoms with van der Waals surface area (Å²) in [4.78, 5) is 10.3. The van der Waals surface area contributed by atoms with Crippen molar-refractivity contribution in [3.8, 4) is 0 Å². The van der Waals surface area contributed by atoms with E-state index in [1.165, 1.54) is 19.5 Å². The van der Waals surface area contributed by atoms with Gasteiger partial charge in [0.2, 0.25) is 0 Å². The van der Waals surface area contributed by atoms with Gasteiger partial charge in [0.15, 0.2) is 0 Å². The molecule has 172 valence electrons. The van der Waals surface area contributed by atoms with Crippen molar-refractivity contribution in [3.63, 3.8) is 0 Å². The molecule has 0 saturated carbocycles. The summed E-state index contributed by atoms with van der Waals surface area (Å²) in [5.74, 6) is 0. The van der Waals surface area contributed by atoms with E-state index in [1.54, 1.807) is 7.11 Å². The van der Waals surface area contributed by atoms with Gasteiger partial charge in [-0.3, -0.25) is 19.6 Å². The number of hydrogen-bond donors (Lipinski definition) is 0. The lowest BCUT2D eigenvalue weighted by atomic mass is 10.2. The van der Waals surface area contributed by atoms with E-state index in [0.717, 1.165) is 97.5 Å². The van der Waals surface area contributed by atoms with Crippen LogP contribution in [0.5, 0.6) is 0 Å². The maximum atomic E-state index is 5.95. The summed E-state index contributed by atoms with van der Waals surface area (Å²) in [5.41, 5.74) is 0. The molecule has 29 heavy (non-hydrogen) atoms. The van der Waals surface area contributed by atoms with E-state index >= 15 is 0 Å². The highest BCUT2D eigenvalue weighted by Gasteiger charge is 2.42. The molecule has 3 aliphatic heterocycles. The van der Waals surface area contributed by atoms with Gasteiger partial charge in [-0.25, -0.2) is 0 Å². The molecule has 2 atom stereocenters. The molecule has 0 aromatic heterocycles. The van der Waals surface area contributed by atoms with Gasteiger partial charge in [0.25, 0.3) is 0 Å². The second-order valence-corrected chi connectivity index (χ2v) is 8.02. The number of likely N-dealkylation sites (tertiary alicyclic amines) is 2. The van der Waals surface area contributed by atoms with Gasteiger partial charge >= 0.3 is 0 Å². The molecular weight excluding hydrogens is 368 g/mol. The van der Waals surface area contributed by atoms with Crippen LogP contribution in [0.2, 0.25) is 0 Å².